The van der Waals surface area contributed by atoms with Crippen molar-refractivity contribution in [2.75, 3.05) is 0 Å². The number of pyridine rings is 1. The van der Waals surface area contributed by atoms with Gasteiger partial charge in [0.2, 0.25) is 5.88 Å². The summed E-state index contributed by atoms with van der Waals surface area (Å²) in [7, 11) is 0. The van der Waals surface area contributed by atoms with Crippen molar-refractivity contribution < 1.29 is 14.6 Å². The lowest BCUT2D eigenvalue weighted by Crippen LogP contribution is -2.20. The molecule has 0 spiro atoms. The molecule has 0 radical (unpaired) electrons. The van der Waals surface area contributed by atoms with Crippen molar-refractivity contribution >= 4 is 5.97 Å². The molecule has 0 saturated heterocycles. The Morgan fingerprint density at radius 2 is 2.11 bits per heavy atom. The van der Waals surface area contributed by atoms with Crippen LogP contribution >= 0.6 is 0 Å². The fourth-order valence-electron chi connectivity index (χ4n) is 2.48. The van der Waals surface area contributed by atoms with E-state index in [0.29, 0.717) is 5.88 Å². The number of carboxylic acids is 1. The van der Waals surface area contributed by atoms with E-state index in [1.165, 1.54) is 25.3 Å². The van der Waals surface area contributed by atoms with Crippen LogP contribution < -0.4 is 4.74 Å². The molecule has 1 N–H and O–H groups in total. The number of carboxylic acid groups (broad SMARTS) is 1. The molecule has 2 rings (SSSR count). The minimum Gasteiger partial charge on any atom is -0.478 e. The van der Waals surface area contributed by atoms with Crippen LogP contribution in [0.1, 0.15) is 61.5 Å². The van der Waals surface area contributed by atoms with Crippen LogP contribution in [-0.4, -0.2) is 22.2 Å². The Labute approximate surface area is 113 Å². The van der Waals surface area contributed by atoms with Crippen molar-refractivity contribution in [1.29, 1.82) is 0 Å². The van der Waals surface area contributed by atoms with Crippen molar-refractivity contribution in [3.05, 3.63) is 23.4 Å². The van der Waals surface area contributed by atoms with Gasteiger partial charge in [0, 0.05) is 11.8 Å². The van der Waals surface area contributed by atoms with Crippen LogP contribution in [0.4, 0.5) is 0 Å². The lowest BCUT2D eigenvalue weighted by atomic mass is 9.98. The lowest BCUT2D eigenvalue weighted by Gasteiger charge is -2.22. The maximum Gasteiger partial charge on any atom is 0.335 e. The second-order valence-electron chi connectivity index (χ2n) is 5.12. The molecule has 1 aliphatic carbocycles. The predicted octanol–water partition coefficient (Wildman–Crippen LogP) is 3.44. The highest BCUT2D eigenvalue weighted by Crippen LogP contribution is 2.23. The standard InChI is InChI=1S/C15H21NO3/c1-2-6-12-9-11(15(17)18)10-14(16-12)19-13-7-4-3-5-8-13/h9-10,13H,2-8H2,1H3,(H,17,18). The molecule has 4 heteroatoms. The van der Waals surface area contributed by atoms with E-state index in [-0.39, 0.29) is 11.7 Å². The third kappa shape index (κ3) is 3.94. The number of hydrogen-bond acceptors (Lipinski definition) is 3. The third-order valence-electron chi connectivity index (χ3n) is 3.45. The molecule has 0 bridgehead atoms. The van der Waals surface area contributed by atoms with Crippen LogP contribution in [0.15, 0.2) is 12.1 Å². The highest BCUT2D eigenvalue weighted by Gasteiger charge is 2.17. The van der Waals surface area contributed by atoms with E-state index in [4.69, 9.17) is 9.84 Å². The fraction of sp³-hybridized carbons (Fsp3) is 0.600. The summed E-state index contributed by atoms with van der Waals surface area (Å²) in [6, 6.07) is 3.18. The zero-order valence-electron chi connectivity index (χ0n) is 11.4. The quantitative estimate of drug-likeness (QED) is 0.884. The van der Waals surface area contributed by atoms with Crippen molar-refractivity contribution in [2.45, 2.75) is 58.0 Å². The Balaban J connectivity index is 2.15. The first-order valence-electron chi connectivity index (χ1n) is 7.10. The second-order valence-corrected chi connectivity index (χ2v) is 5.12. The summed E-state index contributed by atoms with van der Waals surface area (Å²) in [5, 5.41) is 9.12. The first-order chi connectivity index (χ1) is 9.19. The fourth-order valence-corrected chi connectivity index (χ4v) is 2.48. The Bertz CT molecular complexity index is 439. The molecular formula is C15H21NO3. The average Bonchev–Trinajstić information content (AvgIpc) is 2.40. The van der Waals surface area contributed by atoms with E-state index in [1.807, 2.05) is 0 Å². The summed E-state index contributed by atoms with van der Waals surface area (Å²) in [6.45, 7) is 2.05. The SMILES string of the molecule is CCCc1cc(C(=O)O)cc(OC2CCCCC2)n1. The van der Waals surface area contributed by atoms with Gasteiger partial charge in [0.15, 0.2) is 0 Å². The first-order valence-corrected chi connectivity index (χ1v) is 7.10. The smallest absolute Gasteiger partial charge is 0.335 e. The van der Waals surface area contributed by atoms with Crippen molar-refractivity contribution in [3.63, 3.8) is 0 Å². The number of ether oxygens (including phenoxy) is 1. The van der Waals surface area contributed by atoms with Crippen LogP contribution in [0.3, 0.4) is 0 Å². The molecule has 1 heterocycles. The Hall–Kier alpha value is -1.58. The van der Waals surface area contributed by atoms with Crippen LogP contribution in [0.25, 0.3) is 0 Å². The first kappa shape index (κ1) is 13.8. The highest BCUT2D eigenvalue weighted by atomic mass is 16.5. The van der Waals surface area contributed by atoms with Gasteiger partial charge in [-0.2, -0.15) is 0 Å². The van der Waals surface area contributed by atoms with Gasteiger partial charge in [-0.05, 0) is 38.2 Å². The Morgan fingerprint density at radius 3 is 2.74 bits per heavy atom. The number of aryl methyl sites for hydroxylation is 1. The zero-order chi connectivity index (χ0) is 13.7. The molecule has 1 fully saturated rings. The zero-order valence-corrected chi connectivity index (χ0v) is 11.4. The van der Waals surface area contributed by atoms with Gasteiger partial charge in [0.1, 0.15) is 6.10 Å². The summed E-state index contributed by atoms with van der Waals surface area (Å²) in [4.78, 5) is 15.5. The molecule has 4 nitrogen and oxygen atoms in total. The van der Waals surface area contributed by atoms with Gasteiger partial charge < -0.3 is 9.84 Å². The number of nitrogens with zero attached hydrogens (tertiary/aromatic N) is 1. The normalized spacial score (nSPS) is 16.3. The molecule has 0 unspecified atom stereocenters. The van der Waals surface area contributed by atoms with Gasteiger partial charge >= 0.3 is 5.97 Å². The predicted molar refractivity (Wildman–Crippen MR) is 72.7 cm³/mol. The molecule has 1 saturated carbocycles. The van der Waals surface area contributed by atoms with Crippen LogP contribution in [0.2, 0.25) is 0 Å². The number of aromatic nitrogens is 1. The second kappa shape index (κ2) is 6.55. The van der Waals surface area contributed by atoms with Gasteiger partial charge in [-0.3, -0.25) is 0 Å². The van der Waals surface area contributed by atoms with Crippen LogP contribution in [0, 0.1) is 0 Å². The summed E-state index contributed by atoms with van der Waals surface area (Å²) < 4.78 is 5.86. The molecule has 19 heavy (non-hydrogen) atoms. The number of rotatable bonds is 5. The summed E-state index contributed by atoms with van der Waals surface area (Å²) in [6.07, 6.45) is 7.64. The number of aromatic carboxylic acids is 1. The van der Waals surface area contributed by atoms with Crippen molar-refractivity contribution in [2.24, 2.45) is 0 Å². The van der Waals surface area contributed by atoms with E-state index in [9.17, 15) is 4.79 Å². The van der Waals surface area contributed by atoms with Crippen molar-refractivity contribution in [1.82, 2.24) is 4.98 Å². The van der Waals surface area contributed by atoms with Gasteiger partial charge in [0.05, 0.1) is 5.56 Å². The number of carbonyl (C=O) groups is 1. The molecule has 1 aromatic heterocycles. The average molecular weight is 263 g/mol. The van der Waals surface area contributed by atoms with Gasteiger partial charge in [0.25, 0.3) is 0 Å². The molecule has 0 aliphatic heterocycles. The molecule has 1 aromatic rings. The third-order valence-corrected chi connectivity index (χ3v) is 3.45. The van der Waals surface area contributed by atoms with E-state index in [0.717, 1.165) is 31.4 Å². The maximum atomic E-state index is 11.1. The topological polar surface area (TPSA) is 59.4 Å². The number of hydrogen-bond donors (Lipinski definition) is 1. The minimum absolute atomic E-state index is 0.194. The van der Waals surface area contributed by atoms with E-state index >= 15 is 0 Å². The monoisotopic (exact) mass is 263 g/mol. The highest BCUT2D eigenvalue weighted by molar-refractivity contribution is 5.88. The van der Waals surface area contributed by atoms with Crippen LogP contribution in [-0.2, 0) is 6.42 Å². The molecule has 104 valence electrons. The molecular weight excluding hydrogens is 242 g/mol. The summed E-state index contributed by atoms with van der Waals surface area (Å²) in [5.41, 5.74) is 1.07. The molecule has 0 atom stereocenters. The van der Waals surface area contributed by atoms with Crippen LogP contribution in [0.5, 0.6) is 5.88 Å². The molecule has 0 amide bonds. The van der Waals surface area contributed by atoms with Gasteiger partial charge in [-0.25, -0.2) is 9.78 Å². The maximum absolute atomic E-state index is 11.1. The van der Waals surface area contributed by atoms with E-state index in [1.54, 1.807) is 6.07 Å². The summed E-state index contributed by atoms with van der Waals surface area (Å²) in [5.74, 6) is -0.455. The van der Waals surface area contributed by atoms with Crippen molar-refractivity contribution in [3.8, 4) is 5.88 Å². The lowest BCUT2D eigenvalue weighted by molar-refractivity contribution is 0.0695. The van der Waals surface area contributed by atoms with Gasteiger partial charge in [-0.1, -0.05) is 19.8 Å². The largest absolute Gasteiger partial charge is 0.478 e. The van der Waals surface area contributed by atoms with Gasteiger partial charge in [-0.15, -0.1) is 0 Å². The Morgan fingerprint density at radius 1 is 1.37 bits per heavy atom. The minimum atomic E-state index is -0.923. The molecule has 0 aromatic carbocycles. The van der Waals surface area contributed by atoms with E-state index in [2.05, 4.69) is 11.9 Å². The molecule has 1 aliphatic rings. The Kier molecular flexibility index (Phi) is 4.77. The summed E-state index contributed by atoms with van der Waals surface area (Å²) >= 11 is 0. The van der Waals surface area contributed by atoms with E-state index < -0.39 is 5.97 Å².